The summed E-state index contributed by atoms with van der Waals surface area (Å²) in [5, 5.41) is 0. The third kappa shape index (κ3) is 4.70. The van der Waals surface area contributed by atoms with Crippen LogP contribution in [0.15, 0.2) is 78.9 Å². The van der Waals surface area contributed by atoms with Gasteiger partial charge in [-0.25, -0.2) is 4.98 Å². The van der Waals surface area contributed by atoms with Gasteiger partial charge in [0.05, 0.1) is 11.4 Å². The third-order valence-electron chi connectivity index (χ3n) is 6.20. The molecule has 0 fully saturated rings. The first-order valence-electron chi connectivity index (χ1n) is 12.0. The number of fused-ring (bicyclic) bond motifs is 1. The van der Waals surface area contributed by atoms with E-state index < -0.39 is 0 Å². The molecule has 5 rings (SSSR count). The lowest BCUT2D eigenvalue weighted by Gasteiger charge is -2.20. The van der Waals surface area contributed by atoms with Gasteiger partial charge in [-0.2, -0.15) is 0 Å². The largest absolute Gasteiger partial charge is 0.454 e. The molecule has 0 saturated heterocycles. The number of aromatic nitrogens is 2. The maximum Gasteiger partial charge on any atom is 0.231 e. The van der Waals surface area contributed by atoms with Gasteiger partial charge in [0, 0.05) is 30.8 Å². The second kappa shape index (κ2) is 10.1. The van der Waals surface area contributed by atoms with Crippen LogP contribution >= 0.6 is 0 Å². The van der Waals surface area contributed by atoms with E-state index in [2.05, 4.69) is 96.2 Å². The molecule has 0 saturated carbocycles. The summed E-state index contributed by atoms with van der Waals surface area (Å²) in [6.45, 7) is 5.09. The van der Waals surface area contributed by atoms with Crippen molar-refractivity contribution in [1.29, 1.82) is 0 Å². The predicted octanol–water partition coefficient (Wildman–Crippen LogP) is 6.38. The Morgan fingerprint density at radius 3 is 2.29 bits per heavy atom. The van der Waals surface area contributed by atoms with Crippen molar-refractivity contribution in [2.75, 3.05) is 13.8 Å². The van der Waals surface area contributed by atoms with Crippen LogP contribution in [0, 0.1) is 0 Å². The van der Waals surface area contributed by atoms with Crippen molar-refractivity contribution < 1.29 is 9.47 Å². The van der Waals surface area contributed by atoms with Gasteiger partial charge in [0.25, 0.3) is 0 Å². The minimum Gasteiger partial charge on any atom is -0.454 e. The average Bonchev–Trinajstić information content (AvgIpc) is 3.48. The highest BCUT2D eigenvalue weighted by molar-refractivity contribution is 5.68. The summed E-state index contributed by atoms with van der Waals surface area (Å²) in [7, 11) is 2.17. The molecule has 2 heterocycles. The Labute approximate surface area is 201 Å². The van der Waals surface area contributed by atoms with E-state index in [1.807, 2.05) is 6.07 Å². The summed E-state index contributed by atoms with van der Waals surface area (Å²) in [5.74, 6) is 2.69. The molecule has 174 valence electrons. The monoisotopic (exact) mass is 453 g/mol. The van der Waals surface area contributed by atoms with Gasteiger partial charge in [-0.3, -0.25) is 4.90 Å². The minimum absolute atomic E-state index is 0.300. The molecule has 0 radical (unpaired) electrons. The molecule has 4 aromatic rings. The smallest absolute Gasteiger partial charge is 0.231 e. The van der Waals surface area contributed by atoms with Crippen LogP contribution in [0.1, 0.15) is 31.0 Å². The first-order chi connectivity index (χ1) is 16.7. The highest BCUT2D eigenvalue weighted by Crippen LogP contribution is 2.34. The average molecular weight is 454 g/mol. The maximum absolute atomic E-state index is 5.58. The van der Waals surface area contributed by atoms with E-state index in [0.29, 0.717) is 6.79 Å². The van der Waals surface area contributed by atoms with E-state index >= 15 is 0 Å². The van der Waals surface area contributed by atoms with Crippen LogP contribution in [0.5, 0.6) is 11.5 Å². The Morgan fingerprint density at radius 2 is 1.56 bits per heavy atom. The van der Waals surface area contributed by atoms with E-state index in [1.54, 1.807) is 0 Å². The van der Waals surface area contributed by atoms with Crippen LogP contribution in [-0.2, 0) is 19.6 Å². The van der Waals surface area contributed by atoms with E-state index in [9.17, 15) is 0 Å². The van der Waals surface area contributed by atoms with Gasteiger partial charge in [-0.15, -0.1) is 0 Å². The summed E-state index contributed by atoms with van der Waals surface area (Å²) in [6.07, 6.45) is 2.25. The van der Waals surface area contributed by atoms with E-state index in [0.717, 1.165) is 66.6 Å². The summed E-state index contributed by atoms with van der Waals surface area (Å²) in [6, 6.07) is 27.3. The molecule has 1 aliphatic rings. The first kappa shape index (κ1) is 22.2. The number of imidazole rings is 1. The molecular formula is C29H31N3O2. The van der Waals surface area contributed by atoms with Crippen LogP contribution in [0.25, 0.3) is 22.6 Å². The number of hydrogen-bond acceptors (Lipinski definition) is 4. The zero-order chi connectivity index (χ0) is 23.3. The lowest BCUT2D eigenvalue weighted by molar-refractivity contribution is 0.174. The third-order valence-corrected chi connectivity index (χ3v) is 6.20. The van der Waals surface area contributed by atoms with Crippen molar-refractivity contribution in [1.82, 2.24) is 14.5 Å². The molecule has 0 bridgehead atoms. The molecule has 0 spiro atoms. The fourth-order valence-corrected chi connectivity index (χ4v) is 4.50. The van der Waals surface area contributed by atoms with Crippen molar-refractivity contribution in [2.45, 2.75) is 39.4 Å². The summed E-state index contributed by atoms with van der Waals surface area (Å²) in [5.41, 5.74) is 5.83. The molecule has 1 aromatic heterocycles. The van der Waals surface area contributed by atoms with Crippen LogP contribution in [0.4, 0.5) is 0 Å². The van der Waals surface area contributed by atoms with Crippen LogP contribution in [0.3, 0.4) is 0 Å². The van der Waals surface area contributed by atoms with Gasteiger partial charge >= 0.3 is 0 Å². The molecule has 0 amide bonds. The van der Waals surface area contributed by atoms with Crippen molar-refractivity contribution in [3.05, 3.63) is 90.1 Å². The van der Waals surface area contributed by atoms with Gasteiger partial charge in [-0.05, 0) is 31.2 Å². The minimum atomic E-state index is 0.300. The SMILES string of the molecule is CCCCn1c(-c2ccccc2)nc(-c2ccccc2)c1CN(C)Cc1ccc2c(c1)OCO2. The Morgan fingerprint density at radius 1 is 0.853 bits per heavy atom. The summed E-state index contributed by atoms with van der Waals surface area (Å²) < 4.78 is 13.5. The van der Waals surface area contributed by atoms with E-state index in [1.165, 1.54) is 11.3 Å². The highest BCUT2D eigenvalue weighted by atomic mass is 16.7. The van der Waals surface area contributed by atoms with Gasteiger partial charge in [0.2, 0.25) is 6.79 Å². The predicted molar refractivity (Wildman–Crippen MR) is 136 cm³/mol. The summed E-state index contributed by atoms with van der Waals surface area (Å²) in [4.78, 5) is 7.56. The number of nitrogens with zero attached hydrogens (tertiary/aromatic N) is 3. The van der Waals surface area contributed by atoms with Gasteiger partial charge in [-0.1, -0.05) is 80.1 Å². The maximum atomic E-state index is 5.58. The van der Waals surface area contributed by atoms with Crippen molar-refractivity contribution in [2.24, 2.45) is 0 Å². The molecule has 1 aliphatic heterocycles. The number of unbranched alkanes of at least 4 members (excludes halogenated alkanes) is 1. The van der Waals surface area contributed by atoms with E-state index in [-0.39, 0.29) is 0 Å². The zero-order valence-electron chi connectivity index (χ0n) is 19.9. The normalized spacial score (nSPS) is 12.4. The van der Waals surface area contributed by atoms with Crippen molar-refractivity contribution in [3.63, 3.8) is 0 Å². The van der Waals surface area contributed by atoms with Gasteiger partial charge < -0.3 is 14.0 Å². The fraction of sp³-hybridized carbons (Fsp3) is 0.276. The molecule has 0 N–H and O–H groups in total. The number of rotatable bonds is 9. The molecule has 3 aromatic carbocycles. The van der Waals surface area contributed by atoms with Crippen molar-refractivity contribution in [3.8, 4) is 34.1 Å². The lowest BCUT2D eigenvalue weighted by Crippen LogP contribution is -2.20. The van der Waals surface area contributed by atoms with Gasteiger partial charge in [0.15, 0.2) is 11.5 Å². The number of benzene rings is 3. The number of hydrogen-bond donors (Lipinski definition) is 0. The molecular weight excluding hydrogens is 422 g/mol. The van der Waals surface area contributed by atoms with Crippen LogP contribution < -0.4 is 9.47 Å². The molecule has 5 heteroatoms. The molecule has 34 heavy (non-hydrogen) atoms. The van der Waals surface area contributed by atoms with Gasteiger partial charge in [0.1, 0.15) is 5.82 Å². The van der Waals surface area contributed by atoms with Crippen molar-refractivity contribution >= 4 is 0 Å². The quantitative estimate of drug-likeness (QED) is 0.295. The molecule has 0 aliphatic carbocycles. The topological polar surface area (TPSA) is 39.5 Å². The fourth-order valence-electron chi connectivity index (χ4n) is 4.50. The zero-order valence-corrected chi connectivity index (χ0v) is 19.9. The molecule has 5 nitrogen and oxygen atoms in total. The van der Waals surface area contributed by atoms with Crippen LogP contribution in [0.2, 0.25) is 0 Å². The Balaban J connectivity index is 1.51. The second-order valence-electron chi connectivity index (χ2n) is 8.83. The first-order valence-corrected chi connectivity index (χ1v) is 12.0. The Bertz CT molecular complexity index is 1240. The molecule has 0 unspecified atom stereocenters. The Kier molecular flexibility index (Phi) is 6.63. The number of ether oxygens (including phenoxy) is 2. The standard InChI is InChI=1S/C29H31N3O2/c1-3-4-17-32-25(20-31(2)19-22-15-16-26-27(18-22)34-21-33-26)28(23-11-7-5-8-12-23)30-29(32)24-13-9-6-10-14-24/h5-16,18H,3-4,17,19-21H2,1-2H3. The van der Waals surface area contributed by atoms with Crippen LogP contribution in [-0.4, -0.2) is 28.3 Å². The lowest BCUT2D eigenvalue weighted by atomic mass is 10.1. The molecule has 0 atom stereocenters. The highest BCUT2D eigenvalue weighted by Gasteiger charge is 2.21. The summed E-state index contributed by atoms with van der Waals surface area (Å²) >= 11 is 0. The van der Waals surface area contributed by atoms with E-state index in [4.69, 9.17) is 14.5 Å². The Hall–Kier alpha value is -3.57. The second-order valence-corrected chi connectivity index (χ2v) is 8.83.